The van der Waals surface area contributed by atoms with Gasteiger partial charge in [0.1, 0.15) is 0 Å². The van der Waals surface area contributed by atoms with Crippen LogP contribution in [0.3, 0.4) is 0 Å². The summed E-state index contributed by atoms with van der Waals surface area (Å²) in [6, 6.07) is 14.9. The van der Waals surface area contributed by atoms with Gasteiger partial charge in [-0.25, -0.2) is 8.42 Å². The fourth-order valence-corrected chi connectivity index (χ4v) is 3.84. The highest BCUT2D eigenvalue weighted by molar-refractivity contribution is 7.91. The molecule has 0 aromatic heterocycles. The Morgan fingerprint density at radius 2 is 1.57 bits per heavy atom. The van der Waals surface area contributed by atoms with Gasteiger partial charge in [0.2, 0.25) is 0 Å². The van der Waals surface area contributed by atoms with E-state index in [4.69, 9.17) is 11.6 Å². The number of halogens is 1. The number of hydrogen-bond acceptors (Lipinski definition) is 3. The first-order valence-corrected chi connectivity index (χ1v) is 8.72. The first kappa shape index (κ1) is 15.7. The van der Waals surface area contributed by atoms with Gasteiger partial charge in [0.15, 0.2) is 15.6 Å². The Balaban J connectivity index is 2.45. The summed E-state index contributed by atoms with van der Waals surface area (Å²) in [4.78, 5) is 12.6. The van der Waals surface area contributed by atoms with Crippen molar-refractivity contribution < 1.29 is 13.2 Å². The maximum atomic E-state index is 12.5. The van der Waals surface area contributed by atoms with Gasteiger partial charge in [0, 0.05) is 17.0 Å². The summed E-state index contributed by atoms with van der Waals surface area (Å²) >= 11 is 5.56. The number of rotatable bonds is 6. The molecule has 0 amide bonds. The van der Waals surface area contributed by atoms with E-state index in [0.717, 1.165) is 0 Å². The molecule has 0 aliphatic rings. The molecule has 21 heavy (non-hydrogen) atoms. The Morgan fingerprint density at radius 1 is 0.952 bits per heavy atom. The molecule has 2 aromatic rings. The zero-order valence-corrected chi connectivity index (χ0v) is 12.9. The first-order chi connectivity index (χ1) is 10.1. The predicted octanol–water partition coefficient (Wildman–Crippen LogP) is 3.32. The second-order valence-electron chi connectivity index (χ2n) is 4.55. The average Bonchev–Trinajstić information content (AvgIpc) is 2.53. The highest BCUT2D eigenvalue weighted by Gasteiger charge is 2.22. The fourth-order valence-electron chi connectivity index (χ4n) is 2.02. The van der Waals surface area contributed by atoms with Crippen LogP contribution in [0, 0.1) is 0 Å². The van der Waals surface area contributed by atoms with Gasteiger partial charge in [-0.3, -0.25) is 4.79 Å². The van der Waals surface area contributed by atoms with E-state index in [0.29, 0.717) is 12.0 Å². The molecule has 0 fully saturated rings. The highest BCUT2D eigenvalue weighted by atomic mass is 35.5. The monoisotopic (exact) mass is 322 g/mol. The zero-order chi connectivity index (χ0) is 15.3. The van der Waals surface area contributed by atoms with Gasteiger partial charge in [-0.2, -0.15) is 0 Å². The summed E-state index contributed by atoms with van der Waals surface area (Å²) in [5.74, 6) is -0.0791. The van der Waals surface area contributed by atoms with Crippen molar-refractivity contribution in [2.24, 2.45) is 0 Å². The van der Waals surface area contributed by atoms with Gasteiger partial charge in [-0.1, -0.05) is 42.5 Å². The van der Waals surface area contributed by atoms with E-state index >= 15 is 0 Å². The van der Waals surface area contributed by atoms with Crippen LogP contribution in [0.1, 0.15) is 22.3 Å². The molecule has 0 radical (unpaired) electrons. The Labute approximate surface area is 129 Å². The highest BCUT2D eigenvalue weighted by Crippen LogP contribution is 2.21. The minimum absolute atomic E-state index is 0.0599. The largest absolute Gasteiger partial charge is 0.289 e. The molecule has 0 saturated carbocycles. The Bertz CT molecular complexity index is 724. The van der Waals surface area contributed by atoms with Crippen molar-refractivity contribution >= 4 is 27.2 Å². The third-order valence-corrected chi connectivity index (χ3v) is 5.17. The molecule has 0 heterocycles. The summed E-state index contributed by atoms with van der Waals surface area (Å²) in [6.07, 6.45) is 0.359. The lowest BCUT2D eigenvalue weighted by atomic mass is 10.0. The van der Waals surface area contributed by atoms with E-state index in [2.05, 4.69) is 0 Å². The van der Waals surface area contributed by atoms with E-state index in [9.17, 15) is 13.2 Å². The minimum Gasteiger partial charge on any atom is -0.289 e. The van der Waals surface area contributed by atoms with Crippen LogP contribution in [0.15, 0.2) is 59.5 Å². The second-order valence-corrected chi connectivity index (χ2v) is 7.01. The number of sulfone groups is 1. The SMILES string of the molecule is O=C(c1ccccc1)c1ccccc1S(=O)(=O)CCCCl. The minimum atomic E-state index is -3.51. The smallest absolute Gasteiger partial charge is 0.194 e. The summed E-state index contributed by atoms with van der Waals surface area (Å²) in [7, 11) is -3.51. The number of carbonyl (C=O) groups is 1. The molecule has 110 valence electrons. The van der Waals surface area contributed by atoms with Crippen LogP contribution in [0.25, 0.3) is 0 Å². The topological polar surface area (TPSA) is 51.2 Å². The van der Waals surface area contributed by atoms with E-state index in [-0.39, 0.29) is 27.9 Å². The normalized spacial score (nSPS) is 11.3. The molecular formula is C16H15ClO3S. The lowest BCUT2D eigenvalue weighted by molar-refractivity contribution is 0.103. The van der Waals surface area contributed by atoms with E-state index in [1.807, 2.05) is 0 Å². The van der Waals surface area contributed by atoms with Crippen molar-refractivity contribution in [3.63, 3.8) is 0 Å². The van der Waals surface area contributed by atoms with Crippen molar-refractivity contribution in [1.82, 2.24) is 0 Å². The second kappa shape index (κ2) is 6.87. The molecule has 2 aromatic carbocycles. The van der Waals surface area contributed by atoms with Gasteiger partial charge in [-0.05, 0) is 18.6 Å². The van der Waals surface area contributed by atoms with Crippen LogP contribution in [0.5, 0.6) is 0 Å². The third kappa shape index (κ3) is 3.71. The average molecular weight is 323 g/mol. The van der Waals surface area contributed by atoms with Crippen molar-refractivity contribution in [1.29, 1.82) is 0 Å². The lowest BCUT2D eigenvalue weighted by Gasteiger charge is -2.09. The summed E-state index contributed by atoms with van der Waals surface area (Å²) in [5, 5.41) is 0. The molecule has 0 atom stereocenters. The fraction of sp³-hybridized carbons (Fsp3) is 0.188. The number of alkyl halides is 1. The lowest BCUT2D eigenvalue weighted by Crippen LogP contribution is -2.13. The molecule has 5 heteroatoms. The third-order valence-electron chi connectivity index (χ3n) is 3.05. The first-order valence-electron chi connectivity index (χ1n) is 6.54. The van der Waals surface area contributed by atoms with E-state index in [1.165, 1.54) is 6.07 Å². The molecule has 0 aliphatic heterocycles. The Morgan fingerprint density at radius 3 is 2.24 bits per heavy atom. The van der Waals surface area contributed by atoms with E-state index in [1.54, 1.807) is 48.5 Å². The Hall–Kier alpha value is -1.65. The molecule has 0 aliphatic carbocycles. The zero-order valence-electron chi connectivity index (χ0n) is 11.3. The Kier molecular flexibility index (Phi) is 5.15. The number of carbonyl (C=O) groups excluding carboxylic acids is 1. The quantitative estimate of drug-likeness (QED) is 0.605. The van der Waals surface area contributed by atoms with Crippen molar-refractivity contribution in [2.75, 3.05) is 11.6 Å². The maximum Gasteiger partial charge on any atom is 0.194 e. The maximum absolute atomic E-state index is 12.5. The number of benzene rings is 2. The number of hydrogen-bond donors (Lipinski definition) is 0. The molecule has 0 bridgehead atoms. The molecule has 0 N–H and O–H groups in total. The predicted molar refractivity (Wildman–Crippen MR) is 83.7 cm³/mol. The van der Waals surface area contributed by atoms with Gasteiger partial charge < -0.3 is 0 Å². The molecule has 3 nitrogen and oxygen atoms in total. The van der Waals surface area contributed by atoms with Gasteiger partial charge in [0.25, 0.3) is 0 Å². The van der Waals surface area contributed by atoms with Crippen molar-refractivity contribution in [3.8, 4) is 0 Å². The van der Waals surface area contributed by atoms with E-state index < -0.39 is 9.84 Å². The summed E-state index contributed by atoms with van der Waals surface area (Å²) in [6.45, 7) is 0. The van der Waals surface area contributed by atoms with Crippen LogP contribution < -0.4 is 0 Å². The molecule has 0 unspecified atom stereocenters. The van der Waals surface area contributed by atoms with Crippen LogP contribution in [0.4, 0.5) is 0 Å². The summed E-state index contributed by atoms with van der Waals surface area (Å²) in [5.41, 5.74) is 0.677. The van der Waals surface area contributed by atoms with Gasteiger partial charge >= 0.3 is 0 Å². The standard InChI is InChI=1S/C16H15ClO3S/c17-11-6-12-21(19,20)15-10-5-4-9-14(15)16(18)13-7-2-1-3-8-13/h1-5,7-10H,6,11-12H2. The van der Waals surface area contributed by atoms with Crippen LogP contribution >= 0.6 is 11.6 Å². The molecule has 0 spiro atoms. The van der Waals surface area contributed by atoms with Gasteiger partial charge in [0.05, 0.1) is 10.6 Å². The number of ketones is 1. The molecule has 2 rings (SSSR count). The van der Waals surface area contributed by atoms with Crippen LogP contribution in [-0.4, -0.2) is 25.8 Å². The van der Waals surface area contributed by atoms with Crippen LogP contribution in [-0.2, 0) is 9.84 Å². The van der Waals surface area contributed by atoms with Gasteiger partial charge in [-0.15, -0.1) is 11.6 Å². The summed E-state index contributed by atoms with van der Waals surface area (Å²) < 4.78 is 24.7. The molecular weight excluding hydrogens is 308 g/mol. The molecule has 0 saturated heterocycles. The van der Waals surface area contributed by atoms with Crippen molar-refractivity contribution in [2.45, 2.75) is 11.3 Å². The van der Waals surface area contributed by atoms with Crippen molar-refractivity contribution in [3.05, 3.63) is 65.7 Å². The van der Waals surface area contributed by atoms with Crippen LogP contribution in [0.2, 0.25) is 0 Å².